The van der Waals surface area contributed by atoms with Crippen molar-refractivity contribution >= 4 is 5.69 Å². The molecule has 1 fully saturated rings. The Hall–Kier alpha value is -1.78. The lowest BCUT2D eigenvalue weighted by Gasteiger charge is -2.22. The minimum atomic E-state index is -4.44. The quantitative estimate of drug-likeness (QED) is 0.811. The van der Waals surface area contributed by atoms with Crippen molar-refractivity contribution in [3.63, 3.8) is 0 Å². The predicted octanol–water partition coefficient (Wildman–Crippen LogP) is 3.57. The number of alkyl halides is 3. The highest BCUT2D eigenvalue weighted by atomic mass is 19.4. The molecule has 7 heteroatoms. The van der Waals surface area contributed by atoms with Crippen molar-refractivity contribution < 1.29 is 22.6 Å². The topological polar surface area (TPSA) is 54.3 Å². The summed E-state index contributed by atoms with van der Waals surface area (Å²) < 4.78 is 48.8. The van der Waals surface area contributed by atoms with Crippen LogP contribution in [0.1, 0.15) is 30.4 Å². The van der Waals surface area contributed by atoms with Gasteiger partial charge in [0, 0.05) is 26.4 Å². The van der Waals surface area contributed by atoms with E-state index in [9.17, 15) is 13.2 Å². The summed E-state index contributed by atoms with van der Waals surface area (Å²) in [6, 6.07) is 4.92. The summed E-state index contributed by atoms with van der Waals surface area (Å²) in [7, 11) is 0. The summed E-state index contributed by atoms with van der Waals surface area (Å²) in [5.41, 5.74) is -0.417. The van der Waals surface area contributed by atoms with Gasteiger partial charge in [-0.2, -0.15) is 18.4 Å². The first kappa shape index (κ1) is 17.6. The Morgan fingerprint density at radius 1 is 1.30 bits per heavy atom. The van der Waals surface area contributed by atoms with Gasteiger partial charge in [-0.05, 0) is 37.5 Å². The van der Waals surface area contributed by atoms with Crippen molar-refractivity contribution in [1.82, 2.24) is 0 Å². The van der Waals surface area contributed by atoms with Crippen LogP contribution in [0.25, 0.3) is 0 Å². The van der Waals surface area contributed by atoms with Crippen molar-refractivity contribution in [2.75, 3.05) is 31.7 Å². The van der Waals surface area contributed by atoms with Gasteiger partial charge in [0.1, 0.15) is 6.07 Å². The first-order chi connectivity index (χ1) is 11.0. The monoisotopic (exact) mass is 328 g/mol. The van der Waals surface area contributed by atoms with E-state index in [1.165, 1.54) is 6.07 Å². The molecule has 0 bridgehead atoms. The van der Waals surface area contributed by atoms with E-state index in [1.54, 1.807) is 6.07 Å². The molecule has 1 aromatic carbocycles. The fourth-order valence-electron chi connectivity index (χ4n) is 2.36. The summed E-state index contributed by atoms with van der Waals surface area (Å²) in [5.74, 6) is 0. The fourth-order valence-corrected chi connectivity index (χ4v) is 2.36. The third-order valence-electron chi connectivity index (χ3n) is 3.63. The fraction of sp³-hybridized carbons (Fsp3) is 0.562. The molecule has 23 heavy (non-hydrogen) atoms. The Morgan fingerprint density at radius 2 is 2.04 bits per heavy atom. The first-order valence-corrected chi connectivity index (χ1v) is 7.55. The molecule has 0 spiro atoms. The second kappa shape index (κ2) is 8.18. The maximum Gasteiger partial charge on any atom is 0.416 e. The van der Waals surface area contributed by atoms with Gasteiger partial charge in [0.05, 0.1) is 22.9 Å². The number of nitrogens with zero attached hydrogens (tertiary/aromatic N) is 1. The molecule has 0 aliphatic carbocycles. The Morgan fingerprint density at radius 3 is 2.70 bits per heavy atom. The van der Waals surface area contributed by atoms with Crippen LogP contribution in [-0.4, -0.2) is 32.5 Å². The van der Waals surface area contributed by atoms with Crippen LogP contribution >= 0.6 is 0 Å². The Kier molecular flexibility index (Phi) is 6.25. The molecule has 1 N–H and O–H groups in total. The van der Waals surface area contributed by atoms with Crippen LogP contribution in [0.15, 0.2) is 18.2 Å². The highest BCUT2D eigenvalue weighted by Gasteiger charge is 2.31. The first-order valence-electron chi connectivity index (χ1n) is 7.55. The van der Waals surface area contributed by atoms with Crippen LogP contribution < -0.4 is 5.32 Å². The number of hydrogen-bond donors (Lipinski definition) is 1. The number of rotatable bonds is 6. The molecule has 4 nitrogen and oxygen atoms in total. The molecule has 0 atom stereocenters. The molecular formula is C16H19F3N2O2. The molecule has 1 aliphatic rings. The lowest BCUT2D eigenvalue weighted by atomic mass is 10.1. The van der Waals surface area contributed by atoms with Gasteiger partial charge in [-0.25, -0.2) is 0 Å². The van der Waals surface area contributed by atoms with Crippen molar-refractivity contribution in [2.24, 2.45) is 0 Å². The Balaban J connectivity index is 1.78. The average Bonchev–Trinajstić information content (AvgIpc) is 2.54. The SMILES string of the molecule is N#Cc1cc(C(F)(F)F)ccc1NCCCOC1CCOCC1. The zero-order valence-electron chi connectivity index (χ0n) is 12.7. The van der Waals surface area contributed by atoms with Gasteiger partial charge in [0.25, 0.3) is 0 Å². The molecule has 1 heterocycles. The van der Waals surface area contributed by atoms with Crippen molar-refractivity contribution in [1.29, 1.82) is 5.26 Å². The standard InChI is InChI=1S/C16H19F3N2O2/c17-16(18,19)13-2-3-15(12(10-13)11-20)21-6-1-7-23-14-4-8-22-9-5-14/h2-3,10,14,21H,1,4-9H2. The van der Waals surface area contributed by atoms with Gasteiger partial charge < -0.3 is 14.8 Å². The molecule has 126 valence electrons. The molecule has 0 aromatic heterocycles. The molecule has 0 saturated carbocycles. The number of nitrogens with one attached hydrogen (secondary N) is 1. The number of anilines is 1. The predicted molar refractivity (Wildman–Crippen MR) is 79.1 cm³/mol. The number of nitriles is 1. The average molecular weight is 328 g/mol. The third kappa shape index (κ3) is 5.41. The van der Waals surface area contributed by atoms with Crippen molar-refractivity contribution in [3.8, 4) is 6.07 Å². The summed E-state index contributed by atoms with van der Waals surface area (Å²) in [6.45, 7) is 2.55. The zero-order chi connectivity index (χ0) is 16.7. The Bertz CT molecular complexity index is 549. The summed E-state index contributed by atoms with van der Waals surface area (Å²) in [5, 5.41) is 12.0. The van der Waals surface area contributed by atoms with E-state index >= 15 is 0 Å². The van der Waals surface area contributed by atoms with Crippen LogP contribution in [0.5, 0.6) is 0 Å². The van der Waals surface area contributed by atoms with Crippen LogP contribution in [0.3, 0.4) is 0 Å². The maximum atomic E-state index is 12.6. The number of ether oxygens (including phenoxy) is 2. The van der Waals surface area contributed by atoms with E-state index in [0.717, 1.165) is 38.2 Å². The van der Waals surface area contributed by atoms with Crippen molar-refractivity contribution in [3.05, 3.63) is 29.3 Å². The van der Waals surface area contributed by atoms with E-state index in [1.807, 2.05) is 0 Å². The second-order valence-electron chi connectivity index (χ2n) is 5.33. The molecule has 2 rings (SSSR count). The molecule has 1 saturated heterocycles. The highest BCUT2D eigenvalue weighted by Crippen LogP contribution is 2.31. The van der Waals surface area contributed by atoms with Gasteiger partial charge in [-0.15, -0.1) is 0 Å². The molecular weight excluding hydrogens is 309 g/mol. The summed E-state index contributed by atoms with van der Waals surface area (Å²) in [6.07, 6.45) is -1.72. The maximum absolute atomic E-state index is 12.6. The van der Waals surface area contributed by atoms with Gasteiger partial charge in [0.15, 0.2) is 0 Å². The minimum Gasteiger partial charge on any atom is -0.384 e. The second-order valence-corrected chi connectivity index (χ2v) is 5.33. The molecule has 0 amide bonds. The van der Waals surface area contributed by atoms with E-state index in [4.69, 9.17) is 14.7 Å². The number of benzene rings is 1. The highest BCUT2D eigenvalue weighted by molar-refractivity contribution is 5.58. The van der Waals surface area contributed by atoms with Crippen LogP contribution in [0.4, 0.5) is 18.9 Å². The normalized spacial score (nSPS) is 16.1. The lowest BCUT2D eigenvalue weighted by Crippen LogP contribution is -2.24. The summed E-state index contributed by atoms with van der Waals surface area (Å²) >= 11 is 0. The van der Waals surface area contributed by atoms with Crippen LogP contribution in [0, 0.1) is 11.3 Å². The van der Waals surface area contributed by atoms with E-state index in [-0.39, 0.29) is 11.7 Å². The molecule has 1 aromatic rings. The van der Waals surface area contributed by atoms with Crippen molar-refractivity contribution in [2.45, 2.75) is 31.5 Å². The summed E-state index contributed by atoms with van der Waals surface area (Å²) in [4.78, 5) is 0. The van der Waals surface area contributed by atoms with Gasteiger partial charge in [0.2, 0.25) is 0 Å². The molecule has 1 aliphatic heterocycles. The minimum absolute atomic E-state index is 0.00910. The van der Waals surface area contributed by atoms with Crippen LogP contribution in [-0.2, 0) is 15.7 Å². The lowest BCUT2D eigenvalue weighted by molar-refractivity contribution is -0.137. The van der Waals surface area contributed by atoms with E-state index in [0.29, 0.717) is 25.3 Å². The molecule has 0 unspecified atom stereocenters. The zero-order valence-corrected chi connectivity index (χ0v) is 12.7. The Labute approximate surface area is 133 Å². The largest absolute Gasteiger partial charge is 0.416 e. The van der Waals surface area contributed by atoms with Crippen LogP contribution in [0.2, 0.25) is 0 Å². The number of hydrogen-bond acceptors (Lipinski definition) is 4. The van der Waals surface area contributed by atoms with E-state index in [2.05, 4.69) is 5.32 Å². The number of halogens is 3. The van der Waals surface area contributed by atoms with Gasteiger partial charge >= 0.3 is 6.18 Å². The van der Waals surface area contributed by atoms with E-state index < -0.39 is 11.7 Å². The van der Waals surface area contributed by atoms with Gasteiger partial charge in [-0.1, -0.05) is 0 Å². The van der Waals surface area contributed by atoms with Gasteiger partial charge in [-0.3, -0.25) is 0 Å². The smallest absolute Gasteiger partial charge is 0.384 e. The third-order valence-corrected chi connectivity index (χ3v) is 3.63. The molecule has 0 radical (unpaired) electrons.